The van der Waals surface area contributed by atoms with Crippen molar-refractivity contribution in [3.8, 4) is 5.75 Å². The maximum Gasteiger partial charge on any atom is 0.276 e. The predicted octanol–water partition coefficient (Wildman–Crippen LogP) is 3.34. The summed E-state index contributed by atoms with van der Waals surface area (Å²) in [4.78, 5) is 42.0. The highest BCUT2D eigenvalue weighted by Crippen LogP contribution is 2.35. The number of hydrogen-bond donors (Lipinski definition) is 3. The molecule has 0 radical (unpaired) electrons. The van der Waals surface area contributed by atoms with E-state index in [1.54, 1.807) is 46.5 Å². The molecule has 4 aromatic rings. The summed E-state index contributed by atoms with van der Waals surface area (Å²) in [7, 11) is 0. The van der Waals surface area contributed by atoms with E-state index in [9.17, 15) is 18.8 Å². The molecule has 2 aromatic carbocycles. The zero-order chi connectivity index (χ0) is 30.5. The van der Waals surface area contributed by atoms with E-state index < -0.39 is 18.0 Å². The van der Waals surface area contributed by atoms with Crippen molar-refractivity contribution >= 4 is 35.1 Å². The van der Waals surface area contributed by atoms with Crippen LogP contribution >= 0.6 is 0 Å². The van der Waals surface area contributed by atoms with Crippen LogP contribution in [0, 0.1) is 18.7 Å². The van der Waals surface area contributed by atoms with E-state index in [1.165, 1.54) is 12.1 Å². The molecule has 1 aliphatic heterocycles. The predicted molar refractivity (Wildman–Crippen MR) is 156 cm³/mol. The van der Waals surface area contributed by atoms with Gasteiger partial charge < -0.3 is 20.0 Å². The average molecular weight is 592 g/mol. The average Bonchev–Trinajstić information content (AvgIpc) is 3.52. The van der Waals surface area contributed by atoms with Gasteiger partial charge in [-0.25, -0.2) is 9.37 Å². The van der Waals surface area contributed by atoms with Crippen molar-refractivity contribution in [2.45, 2.75) is 45.9 Å². The number of halogens is 1. The summed E-state index contributed by atoms with van der Waals surface area (Å²) in [5, 5.41) is 10.7. The minimum atomic E-state index is -0.659. The molecule has 226 valence electrons. The number of aldehydes is 1. The summed E-state index contributed by atoms with van der Waals surface area (Å²) < 4.78 is 28.4. The number of hydrogen-bond acceptors (Lipinski definition) is 8. The Kier molecular flexibility index (Phi) is 9.12. The molecule has 0 spiro atoms. The fraction of sp³-hybridized carbons (Fsp3) is 0.367. The Bertz CT molecular complexity index is 1630. The smallest absolute Gasteiger partial charge is 0.276 e. The number of aryl methyl sites for hydroxylation is 2. The number of aromatic nitrogens is 4. The molecule has 43 heavy (non-hydrogen) atoms. The van der Waals surface area contributed by atoms with Crippen molar-refractivity contribution in [1.29, 1.82) is 0 Å². The summed E-state index contributed by atoms with van der Waals surface area (Å²) in [6.07, 6.45) is 0.775. The number of amides is 2. The van der Waals surface area contributed by atoms with Gasteiger partial charge in [0.15, 0.2) is 0 Å². The van der Waals surface area contributed by atoms with E-state index in [2.05, 4.69) is 15.7 Å². The molecule has 0 saturated carbocycles. The number of primary amides is 1. The first-order valence-electron chi connectivity index (χ1n) is 14.1. The van der Waals surface area contributed by atoms with Crippen LogP contribution in [-0.4, -0.2) is 57.3 Å². The molecule has 2 aromatic heterocycles. The number of rotatable bonds is 14. The van der Waals surface area contributed by atoms with Gasteiger partial charge in [0.25, 0.3) is 5.91 Å². The Hall–Kier alpha value is -4.62. The van der Waals surface area contributed by atoms with Gasteiger partial charge >= 0.3 is 0 Å². The van der Waals surface area contributed by atoms with Crippen LogP contribution in [0.3, 0.4) is 0 Å². The summed E-state index contributed by atoms with van der Waals surface area (Å²) in [6, 6.07) is 10.8. The number of benzene rings is 2. The van der Waals surface area contributed by atoms with Crippen LogP contribution < -0.4 is 21.1 Å². The first-order chi connectivity index (χ1) is 20.8. The molecule has 12 nitrogen and oxygen atoms in total. The third-order valence-electron chi connectivity index (χ3n) is 7.20. The van der Waals surface area contributed by atoms with Crippen molar-refractivity contribution in [2.24, 2.45) is 11.7 Å². The van der Waals surface area contributed by atoms with Gasteiger partial charge in [0.2, 0.25) is 11.9 Å². The molecule has 5 rings (SSSR count). The van der Waals surface area contributed by atoms with Crippen molar-refractivity contribution in [3.63, 3.8) is 0 Å². The molecule has 1 aliphatic rings. The van der Waals surface area contributed by atoms with Crippen molar-refractivity contribution in [3.05, 3.63) is 70.8 Å². The highest BCUT2D eigenvalue weighted by Gasteiger charge is 2.27. The van der Waals surface area contributed by atoms with E-state index in [-0.39, 0.29) is 29.7 Å². The molecule has 4 N–H and O–H groups in total. The fourth-order valence-corrected chi connectivity index (χ4v) is 4.95. The highest BCUT2D eigenvalue weighted by molar-refractivity contribution is 6.04. The molecule has 2 amide bonds. The van der Waals surface area contributed by atoms with Gasteiger partial charge in [0, 0.05) is 31.0 Å². The van der Waals surface area contributed by atoms with E-state index in [0.717, 1.165) is 11.8 Å². The normalized spacial score (nSPS) is 13.9. The van der Waals surface area contributed by atoms with Gasteiger partial charge in [-0.3, -0.25) is 29.5 Å². The fourth-order valence-electron chi connectivity index (χ4n) is 4.95. The van der Waals surface area contributed by atoms with Crippen molar-refractivity contribution in [2.75, 3.05) is 25.1 Å². The van der Waals surface area contributed by atoms with Crippen molar-refractivity contribution < 1.29 is 28.2 Å². The van der Waals surface area contributed by atoms with Crippen LogP contribution in [0.1, 0.15) is 58.0 Å². The number of anilines is 1. The van der Waals surface area contributed by atoms with Crippen LogP contribution in [0.25, 0.3) is 11.0 Å². The number of nitrogens with zero attached hydrogens (tertiary/aromatic N) is 4. The zero-order valence-electron chi connectivity index (χ0n) is 24.0. The number of nitrogens with two attached hydrogens (primary N) is 1. The van der Waals surface area contributed by atoms with Gasteiger partial charge in [-0.1, -0.05) is 12.1 Å². The van der Waals surface area contributed by atoms with Gasteiger partial charge in [0.05, 0.1) is 37.2 Å². The summed E-state index contributed by atoms with van der Waals surface area (Å²) >= 11 is 0. The van der Waals surface area contributed by atoms with Gasteiger partial charge in [-0.2, -0.15) is 5.10 Å². The lowest BCUT2D eigenvalue weighted by molar-refractivity contribution is -0.108. The topological polar surface area (TPSA) is 155 Å². The Balaban J connectivity index is 1.62. The van der Waals surface area contributed by atoms with Crippen molar-refractivity contribution in [1.82, 2.24) is 24.6 Å². The lowest BCUT2D eigenvalue weighted by Crippen LogP contribution is -2.33. The zero-order valence-corrected chi connectivity index (χ0v) is 24.0. The molecular formula is C30H34FN7O5. The minimum Gasteiger partial charge on any atom is -0.491 e. The summed E-state index contributed by atoms with van der Waals surface area (Å²) in [5.41, 5.74) is 8.56. The maximum absolute atomic E-state index is 13.5. The third kappa shape index (κ3) is 6.73. The largest absolute Gasteiger partial charge is 0.491 e. The van der Waals surface area contributed by atoms with E-state index in [4.69, 9.17) is 20.2 Å². The molecular weight excluding hydrogens is 557 g/mol. The summed E-state index contributed by atoms with van der Waals surface area (Å²) in [5.74, 6) is -0.744. The molecule has 1 saturated heterocycles. The molecule has 1 atom stereocenters. The number of nitrogens with one attached hydrogen (secondary N) is 2. The second-order valence-corrected chi connectivity index (χ2v) is 10.4. The van der Waals surface area contributed by atoms with Crippen LogP contribution in [-0.2, 0) is 22.6 Å². The van der Waals surface area contributed by atoms with Gasteiger partial charge in [-0.15, -0.1) is 0 Å². The van der Waals surface area contributed by atoms with E-state index in [1.807, 2.05) is 6.92 Å². The van der Waals surface area contributed by atoms with Crippen LogP contribution in [0.4, 0.5) is 10.3 Å². The number of carbonyl (C=O) groups excluding carboxylic acids is 3. The molecule has 0 bridgehead atoms. The lowest BCUT2D eigenvalue weighted by Gasteiger charge is -2.27. The van der Waals surface area contributed by atoms with E-state index in [0.29, 0.717) is 67.5 Å². The third-order valence-corrected chi connectivity index (χ3v) is 7.20. The van der Waals surface area contributed by atoms with Gasteiger partial charge in [-0.05, 0) is 56.2 Å². The van der Waals surface area contributed by atoms with Gasteiger partial charge in [0.1, 0.15) is 29.1 Å². The standard InChI is InChI=1S/C30H34FN7O5/c1-3-37-24(11-18(2)36-37)29(41)35-30-34-23-12-21(28(32)40)13-25(43-17-20-15-42-16-20)27(23)38(30)26(5-4-10-39)33-14-19-6-8-22(31)9-7-19/h6-13,20,26,33H,3-5,14-17H2,1-2H3,(H2,32,40)(H,34,35,41). The van der Waals surface area contributed by atoms with E-state index >= 15 is 0 Å². The first kappa shape index (κ1) is 29.9. The van der Waals surface area contributed by atoms with Crippen LogP contribution in [0.5, 0.6) is 5.75 Å². The SMILES string of the molecule is CCn1nc(C)cc1C(=O)Nc1nc2cc(C(N)=O)cc(OCC3COC3)c2n1C(CCC=O)NCc1ccc(F)cc1. The lowest BCUT2D eigenvalue weighted by atomic mass is 10.1. The highest BCUT2D eigenvalue weighted by atomic mass is 19.1. The molecule has 3 heterocycles. The number of imidazole rings is 1. The Morgan fingerprint density at radius 3 is 2.65 bits per heavy atom. The van der Waals surface area contributed by atoms with Crippen LogP contribution in [0.2, 0.25) is 0 Å². The molecule has 0 aliphatic carbocycles. The molecule has 1 unspecified atom stereocenters. The minimum absolute atomic E-state index is 0.169. The monoisotopic (exact) mass is 591 g/mol. The Morgan fingerprint density at radius 2 is 2.00 bits per heavy atom. The first-order valence-corrected chi connectivity index (χ1v) is 14.1. The second kappa shape index (κ2) is 13.1. The Morgan fingerprint density at radius 1 is 1.23 bits per heavy atom. The molecule has 13 heteroatoms. The number of carbonyl (C=O) groups is 3. The Labute approximate surface area is 247 Å². The number of fused-ring (bicyclic) bond motifs is 1. The maximum atomic E-state index is 13.5. The van der Waals surface area contributed by atoms with Crippen LogP contribution in [0.15, 0.2) is 42.5 Å². The second-order valence-electron chi connectivity index (χ2n) is 10.4. The quantitative estimate of drug-likeness (QED) is 0.189. The summed E-state index contributed by atoms with van der Waals surface area (Å²) in [6.45, 7) is 5.95. The molecule has 1 fully saturated rings. The number of ether oxygens (including phenoxy) is 2.